The molecule has 4 heteroatoms. The van der Waals surface area contributed by atoms with Crippen LogP contribution in [0.5, 0.6) is 5.75 Å². The first-order valence-corrected chi connectivity index (χ1v) is 9.59. The molecule has 0 saturated carbocycles. The molecule has 1 aliphatic rings. The van der Waals surface area contributed by atoms with E-state index in [9.17, 15) is 4.79 Å². The van der Waals surface area contributed by atoms with Crippen LogP contribution < -0.4 is 15.0 Å². The Morgan fingerprint density at radius 2 is 1.73 bits per heavy atom. The molecule has 1 N–H and O–H groups in total. The Hall–Kier alpha value is -2.49. The van der Waals surface area contributed by atoms with Crippen LogP contribution >= 0.6 is 0 Å². The lowest BCUT2D eigenvalue weighted by atomic mass is 10.1. The first-order valence-electron chi connectivity index (χ1n) is 9.59. The van der Waals surface area contributed by atoms with Crippen LogP contribution in [0.2, 0.25) is 0 Å². The summed E-state index contributed by atoms with van der Waals surface area (Å²) in [5.41, 5.74) is 2.38. The van der Waals surface area contributed by atoms with Crippen LogP contribution in [0.4, 0.5) is 5.69 Å². The van der Waals surface area contributed by atoms with E-state index >= 15 is 0 Å². The number of para-hydroxylation sites is 1. The Morgan fingerprint density at radius 1 is 1.04 bits per heavy atom. The van der Waals surface area contributed by atoms with Gasteiger partial charge in [0, 0.05) is 25.3 Å². The minimum Gasteiger partial charge on any atom is -0.481 e. The first-order chi connectivity index (χ1) is 12.8. The number of hydrogen-bond donors (Lipinski definition) is 1. The van der Waals surface area contributed by atoms with Crippen molar-refractivity contribution in [3.63, 3.8) is 0 Å². The zero-order valence-electron chi connectivity index (χ0n) is 15.5. The summed E-state index contributed by atoms with van der Waals surface area (Å²) in [5, 5.41) is 2.99. The minimum atomic E-state index is -0.468. The van der Waals surface area contributed by atoms with Gasteiger partial charge in [0.1, 0.15) is 5.75 Å². The molecule has 0 spiro atoms. The Morgan fingerprint density at radius 3 is 2.38 bits per heavy atom. The third-order valence-corrected chi connectivity index (χ3v) is 4.81. The van der Waals surface area contributed by atoms with Gasteiger partial charge in [-0.15, -0.1) is 0 Å². The fraction of sp³-hybridized carbons (Fsp3) is 0.409. The molecule has 0 unspecified atom stereocenters. The summed E-state index contributed by atoms with van der Waals surface area (Å²) in [4.78, 5) is 14.9. The topological polar surface area (TPSA) is 41.6 Å². The van der Waals surface area contributed by atoms with Crippen molar-refractivity contribution in [2.45, 2.75) is 45.3 Å². The van der Waals surface area contributed by atoms with E-state index in [0.29, 0.717) is 13.0 Å². The van der Waals surface area contributed by atoms with E-state index in [1.807, 2.05) is 37.3 Å². The maximum Gasteiger partial charge on any atom is 0.261 e. The van der Waals surface area contributed by atoms with Gasteiger partial charge >= 0.3 is 0 Å². The molecule has 4 nitrogen and oxygen atoms in total. The fourth-order valence-corrected chi connectivity index (χ4v) is 3.27. The number of hydrogen-bond acceptors (Lipinski definition) is 3. The fourth-order valence-electron chi connectivity index (χ4n) is 3.27. The lowest BCUT2D eigenvalue weighted by molar-refractivity contribution is -0.128. The van der Waals surface area contributed by atoms with Gasteiger partial charge < -0.3 is 15.0 Å². The minimum absolute atomic E-state index is 0.0727. The monoisotopic (exact) mass is 352 g/mol. The maximum atomic E-state index is 12.4. The lowest BCUT2D eigenvalue weighted by Gasteiger charge is -2.28. The van der Waals surface area contributed by atoms with Gasteiger partial charge in [-0.1, -0.05) is 37.3 Å². The second kappa shape index (κ2) is 9.27. The molecule has 1 heterocycles. The highest BCUT2D eigenvalue weighted by Gasteiger charge is 2.18. The van der Waals surface area contributed by atoms with Crippen LogP contribution in [0, 0.1) is 0 Å². The maximum absolute atomic E-state index is 12.4. The van der Waals surface area contributed by atoms with Crippen molar-refractivity contribution in [1.29, 1.82) is 0 Å². The number of ether oxygens (including phenoxy) is 1. The summed E-state index contributed by atoms with van der Waals surface area (Å²) in [6.45, 7) is 4.77. The third-order valence-electron chi connectivity index (χ3n) is 4.81. The van der Waals surface area contributed by atoms with Crippen LogP contribution in [-0.4, -0.2) is 25.1 Å². The van der Waals surface area contributed by atoms with E-state index in [-0.39, 0.29) is 5.91 Å². The summed E-state index contributed by atoms with van der Waals surface area (Å²) >= 11 is 0. The molecular weight excluding hydrogens is 324 g/mol. The lowest BCUT2D eigenvalue weighted by Crippen LogP contribution is -2.37. The largest absolute Gasteiger partial charge is 0.481 e. The second-order valence-electron chi connectivity index (χ2n) is 6.76. The number of anilines is 1. The van der Waals surface area contributed by atoms with E-state index in [2.05, 4.69) is 34.5 Å². The highest BCUT2D eigenvalue weighted by atomic mass is 16.5. The SMILES string of the molecule is CC[C@H](Oc1ccccc1)C(=O)NCc1ccc(N2CCCCC2)cc1. The van der Waals surface area contributed by atoms with Gasteiger partial charge in [-0.25, -0.2) is 0 Å². The smallest absolute Gasteiger partial charge is 0.261 e. The van der Waals surface area contributed by atoms with Gasteiger partial charge in [0.05, 0.1) is 0 Å². The van der Waals surface area contributed by atoms with Gasteiger partial charge in [0.25, 0.3) is 5.91 Å². The van der Waals surface area contributed by atoms with E-state index in [0.717, 1.165) is 24.4 Å². The molecular formula is C22H28N2O2. The van der Waals surface area contributed by atoms with Gasteiger partial charge in [-0.05, 0) is 55.5 Å². The molecule has 0 aromatic heterocycles. The highest BCUT2D eigenvalue weighted by Crippen LogP contribution is 2.20. The van der Waals surface area contributed by atoms with Crippen LogP contribution in [0.25, 0.3) is 0 Å². The average Bonchev–Trinajstić information content (AvgIpc) is 2.72. The van der Waals surface area contributed by atoms with E-state index < -0.39 is 6.10 Å². The van der Waals surface area contributed by atoms with Crippen LogP contribution in [0.3, 0.4) is 0 Å². The number of benzene rings is 2. The van der Waals surface area contributed by atoms with Crippen molar-refractivity contribution in [3.05, 3.63) is 60.2 Å². The van der Waals surface area contributed by atoms with Crippen LogP contribution in [-0.2, 0) is 11.3 Å². The van der Waals surface area contributed by atoms with E-state index in [4.69, 9.17) is 4.74 Å². The third kappa shape index (κ3) is 5.01. The molecule has 1 fully saturated rings. The Labute approximate surface area is 156 Å². The Balaban J connectivity index is 1.51. The normalized spacial score (nSPS) is 15.3. The molecule has 2 aromatic rings. The Kier molecular flexibility index (Phi) is 6.53. The van der Waals surface area contributed by atoms with Gasteiger partial charge in [0.15, 0.2) is 6.10 Å². The van der Waals surface area contributed by atoms with Crippen molar-refractivity contribution in [3.8, 4) is 5.75 Å². The number of nitrogens with zero attached hydrogens (tertiary/aromatic N) is 1. The molecule has 1 aliphatic heterocycles. The average molecular weight is 352 g/mol. The summed E-state index contributed by atoms with van der Waals surface area (Å²) in [6, 6.07) is 18.0. The van der Waals surface area contributed by atoms with Crippen molar-refractivity contribution < 1.29 is 9.53 Å². The predicted molar refractivity (Wildman–Crippen MR) is 106 cm³/mol. The van der Waals surface area contributed by atoms with Gasteiger partial charge in [-0.3, -0.25) is 4.79 Å². The Bertz CT molecular complexity index is 679. The molecule has 1 saturated heterocycles. The number of piperidine rings is 1. The molecule has 0 bridgehead atoms. The molecule has 2 aromatic carbocycles. The summed E-state index contributed by atoms with van der Waals surface area (Å²) in [5.74, 6) is 0.650. The van der Waals surface area contributed by atoms with Crippen LogP contribution in [0.15, 0.2) is 54.6 Å². The van der Waals surface area contributed by atoms with Crippen molar-refractivity contribution in [2.75, 3.05) is 18.0 Å². The zero-order chi connectivity index (χ0) is 18.2. The first kappa shape index (κ1) is 18.3. The van der Waals surface area contributed by atoms with Crippen molar-refractivity contribution >= 4 is 11.6 Å². The van der Waals surface area contributed by atoms with Gasteiger partial charge in [0.2, 0.25) is 0 Å². The van der Waals surface area contributed by atoms with E-state index in [1.165, 1.54) is 24.9 Å². The number of rotatable bonds is 7. The van der Waals surface area contributed by atoms with E-state index in [1.54, 1.807) is 0 Å². The summed E-state index contributed by atoms with van der Waals surface area (Å²) in [6.07, 6.45) is 4.05. The summed E-state index contributed by atoms with van der Waals surface area (Å²) in [7, 11) is 0. The number of amides is 1. The van der Waals surface area contributed by atoms with Crippen molar-refractivity contribution in [2.24, 2.45) is 0 Å². The number of nitrogens with one attached hydrogen (secondary N) is 1. The van der Waals surface area contributed by atoms with Crippen molar-refractivity contribution in [1.82, 2.24) is 5.32 Å². The summed E-state index contributed by atoms with van der Waals surface area (Å²) < 4.78 is 5.79. The number of carbonyl (C=O) groups is 1. The molecule has 0 radical (unpaired) electrons. The van der Waals surface area contributed by atoms with Gasteiger partial charge in [-0.2, -0.15) is 0 Å². The van der Waals surface area contributed by atoms with Crippen LogP contribution in [0.1, 0.15) is 38.2 Å². The quantitative estimate of drug-likeness (QED) is 0.814. The second-order valence-corrected chi connectivity index (χ2v) is 6.76. The standard InChI is InChI=1S/C22H28N2O2/c1-2-21(26-20-9-5-3-6-10-20)22(25)23-17-18-11-13-19(14-12-18)24-15-7-4-8-16-24/h3,5-6,9-14,21H,2,4,7-8,15-17H2,1H3,(H,23,25)/t21-/m0/s1. The molecule has 138 valence electrons. The zero-order valence-corrected chi connectivity index (χ0v) is 15.5. The number of carbonyl (C=O) groups excluding carboxylic acids is 1. The highest BCUT2D eigenvalue weighted by molar-refractivity contribution is 5.81. The molecule has 1 atom stereocenters. The molecule has 3 rings (SSSR count). The predicted octanol–water partition coefficient (Wildman–Crippen LogP) is 4.15. The molecule has 26 heavy (non-hydrogen) atoms. The molecule has 1 amide bonds. The molecule has 0 aliphatic carbocycles.